The molecular formula is C23H39N2NaO3S. The van der Waals surface area contributed by atoms with Crippen LogP contribution in [0.5, 0.6) is 0 Å². The van der Waals surface area contributed by atoms with E-state index in [1.165, 1.54) is 89.5 Å². The summed E-state index contributed by atoms with van der Waals surface area (Å²) in [5, 5.41) is 6.45. The number of benzene rings is 1. The molecular weight excluding hydrogens is 407 g/mol. The molecule has 2 N–H and O–H groups in total. The van der Waals surface area contributed by atoms with E-state index < -0.39 is 10.1 Å². The Morgan fingerprint density at radius 3 is 1.80 bits per heavy atom. The number of hydrogen-bond acceptors (Lipinski definition) is 5. The van der Waals surface area contributed by atoms with Gasteiger partial charge in [0.2, 0.25) is 0 Å². The van der Waals surface area contributed by atoms with Gasteiger partial charge < -0.3 is 15.2 Å². The number of nitrogens with one attached hydrogen (secondary N) is 2. The van der Waals surface area contributed by atoms with Gasteiger partial charge in [0, 0.05) is 0 Å². The smallest absolute Gasteiger partial charge is 0.744 e. The molecule has 0 amide bonds. The van der Waals surface area contributed by atoms with Crippen molar-refractivity contribution >= 4 is 21.5 Å². The second kappa shape index (κ2) is 15.5. The van der Waals surface area contributed by atoms with Crippen molar-refractivity contribution in [2.75, 3.05) is 10.6 Å². The van der Waals surface area contributed by atoms with E-state index in [-0.39, 0.29) is 40.6 Å². The molecule has 2 rings (SSSR count). The zero-order valence-corrected chi connectivity index (χ0v) is 21.9. The number of rotatable bonds is 16. The molecule has 1 aromatic carbocycles. The summed E-state index contributed by atoms with van der Waals surface area (Å²) in [6.07, 6.45) is 19.6. The Labute approximate surface area is 206 Å². The maximum absolute atomic E-state index is 11.4. The molecule has 0 radical (unpaired) electrons. The Balaban J connectivity index is 0.00000450. The van der Waals surface area contributed by atoms with Crippen molar-refractivity contribution in [3.63, 3.8) is 0 Å². The topological polar surface area (TPSA) is 81.3 Å². The summed E-state index contributed by atoms with van der Waals surface area (Å²) in [6.45, 7) is 2.27. The minimum atomic E-state index is -4.45. The summed E-state index contributed by atoms with van der Waals surface area (Å²) in [6, 6.07) is 4.78. The SMILES string of the molecule is CCCCCCCCCCCCCCCCC1Nc2cccc(S(=O)(=O)[O-])c2N1.[Na+]. The summed E-state index contributed by atoms with van der Waals surface area (Å²) in [5.74, 6) is 0. The number of para-hydroxylation sites is 1. The Morgan fingerprint density at radius 2 is 1.30 bits per heavy atom. The quantitative estimate of drug-likeness (QED) is 0.230. The number of fused-ring (bicyclic) bond motifs is 1. The molecule has 0 aliphatic carbocycles. The van der Waals surface area contributed by atoms with E-state index in [1.54, 1.807) is 6.07 Å². The van der Waals surface area contributed by atoms with Crippen molar-refractivity contribution in [1.29, 1.82) is 0 Å². The molecule has 1 aliphatic heterocycles. The largest absolute Gasteiger partial charge is 1.00 e. The molecule has 7 heteroatoms. The van der Waals surface area contributed by atoms with Gasteiger partial charge in [0.25, 0.3) is 0 Å². The van der Waals surface area contributed by atoms with Gasteiger partial charge in [-0.3, -0.25) is 0 Å². The standard InChI is InChI=1S/C23H40N2O3S.Na/c1-2-3-4-5-6-7-8-9-10-11-12-13-14-15-19-22-24-20-17-16-18-21(23(20)25-22)29(26,27)28;/h16-18,22,24-25H,2-15,19H2,1H3,(H,26,27,28);/q;+1/p-1. The Hall–Kier alpha value is -0.270. The van der Waals surface area contributed by atoms with Gasteiger partial charge in [0.1, 0.15) is 10.1 Å². The third-order valence-corrected chi connectivity index (χ3v) is 6.67. The van der Waals surface area contributed by atoms with Gasteiger partial charge in [-0.05, 0) is 25.0 Å². The Kier molecular flexibility index (Phi) is 14.4. The summed E-state index contributed by atoms with van der Waals surface area (Å²) < 4.78 is 34.1. The van der Waals surface area contributed by atoms with E-state index in [1.807, 2.05) is 6.07 Å². The van der Waals surface area contributed by atoms with Crippen LogP contribution in [0.3, 0.4) is 0 Å². The second-order valence-electron chi connectivity index (χ2n) is 8.36. The maximum Gasteiger partial charge on any atom is 1.00 e. The van der Waals surface area contributed by atoms with Gasteiger partial charge in [-0.25, -0.2) is 8.42 Å². The van der Waals surface area contributed by atoms with Crippen molar-refractivity contribution < 1.29 is 42.5 Å². The van der Waals surface area contributed by atoms with E-state index in [2.05, 4.69) is 17.6 Å². The molecule has 1 heterocycles. The van der Waals surface area contributed by atoms with Crippen LogP contribution in [0.1, 0.15) is 103 Å². The van der Waals surface area contributed by atoms with Crippen LogP contribution in [0.15, 0.2) is 23.1 Å². The summed E-state index contributed by atoms with van der Waals surface area (Å²) in [5.41, 5.74) is 1.13. The summed E-state index contributed by atoms with van der Waals surface area (Å²) in [7, 11) is -4.45. The van der Waals surface area contributed by atoms with Crippen LogP contribution in [0, 0.1) is 0 Å². The van der Waals surface area contributed by atoms with Crippen LogP contribution in [0.4, 0.5) is 11.4 Å². The first-order chi connectivity index (χ1) is 14.0. The van der Waals surface area contributed by atoms with Gasteiger partial charge in [-0.15, -0.1) is 0 Å². The van der Waals surface area contributed by atoms with E-state index in [0.29, 0.717) is 11.4 Å². The summed E-state index contributed by atoms with van der Waals surface area (Å²) in [4.78, 5) is -0.161. The van der Waals surface area contributed by atoms with Gasteiger partial charge >= 0.3 is 29.6 Å². The van der Waals surface area contributed by atoms with Crippen LogP contribution >= 0.6 is 0 Å². The molecule has 0 saturated carbocycles. The van der Waals surface area contributed by atoms with Crippen LogP contribution in [-0.2, 0) is 10.1 Å². The molecule has 1 atom stereocenters. The predicted molar refractivity (Wildman–Crippen MR) is 120 cm³/mol. The monoisotopic (exact) mass is 446 g/mol. The molecule has 0 aromatic heterocycles. The molecule has 0 spiro atoms. The fourth-order valence-corrected chi connectivity index (χ4v) is 4.76. The molecule has 166 valence electrons. The minimum absolute atomic E-state index is 0. The number of unbranched alkanes of at least 4 members (excludes halogenated alkanes) is 13. The van der Waals surface area contributed by atoms with Crippen molar-refractivity contribution in [3.05, 3.63) is 18.2 Å². The molecule has 1 aliphatic rings. The van der Waals surface area contributed by atoms with Crippen molar-refractivity contribution in [3.8, 4) is 0 Å². The number of hydrogen-bond donors (Lipinski definition) is 2. The van der Waals surface area contributed by atoms with Crippen LogP contribution in [0.25, 0.3) is 0 Å². The molecule has 0 saturated heterocycles. The van der Waals surface area contributed by atoms with Gasteiger partial charge in [0.15, 0.2) is 0 Å². The third-order valence-electron chi connectivity index (χ3n) is 5.79. The Bertz CT molecular complexity index is 698. The van der Waals surface area contributed by atoms with E-state index >= 15 is 0 Å². The first-order valence-corrected chi connectivity index (χ1v) is 13.0. The average molecular weight is 447 g/mol. The molecule has 0 fully saturated rings. The van der Waals surface area contributed by atoms with Crippen molar-refractivity contribution in [2.45, 2.75) is 114 Å². The van der Waals surface area contributed by atoms with E-state index in [4.69, 9.17) is 0 Å². The van der Waals surface area contributed by atoms with Crippen LogP contribution < -0.4 is 40.2 Å². The average Bonchev–Trinajstić information content (AvgIpc) is 3.10. The van der Waals surface area contributed by atoms with Gasteiger partial charge in [-0.1, -0.05) is 96.5 Å². The zero-order valence-electron chi connectivity index (χ0n) is 19.0. The number of anilines is 2. The molecule has 5 nitrogen and oxygen atoms in total. The van der Waals surface area contributed by atoms with Gasteiger partial charge in [-0.2, -0.15) is 0 Å². The fourth-order valence-electron chi connectivity index (χ4n) is 4.09. The van der Waals surface area contributed by atoms with Crippen LogP contribution in [-0.4, -0.2) is 19.1 Å². The van der Waals surface area contributed by atoms with Gasteiger partial charge in [0.05, 0.1) is 22.4 Å². The third kappa shape index (κ3) is 10.4. The van der Waals surface area contributed by atoms with Crippen LogP contribution in [0.2, 0.25) is 0 Å². The molecule has 0 bridgehead atoms. The summed E-state index contributed by atoms with van der Waals surface area (Å²) >= 11 is 0. The van der Waals surface area contributed by atoms with E-state index in [0.717, 1.165) is 12.8 Å². The maximum atomic E-state index is 11.4. The van der Waals surface area contributed by atoms with Crippen molar-refractivity contribution in [2.24, 2.45) is 0 Å². The van der Waals surface area contributed by atoms with Crippen molar-refractivity contribution in [1.82, 2.24) is 0 Å². The fraction of sp³-hybridized carbons (Fsp3) is 0.739. The normalized spacial score (nSPS) is 15.2. The zero-order chi connectivity index (χ0) is 21.0. The first kappa shape index (κ1) is 27.8. The Morgan fingerprint density at radius 1 is 0.800 bits per heavy atom. The molecule has 30 heavy (non-hydrogen) atoms. The first-order valence-electron chi connectivity index (χ1n) is 11.6. The predicted octanol–water partition coefficient (Wildman–Crippen LogP) is 3.63. The molecule has 1 aromatic rings. The second-order valence-corrected chi connectivity index (χ2v) is 9.71. The molecule has 1 unspecified atom stereocenters. The minimum Gasteiger partial charge on any atom is -0.744 e. The van der Waals surface area contributed by atoms with E-state index in [9.17, 15) is 13.0 Å².